The van der Waals surface area contributed by atoms with Gasteiger partial charge in [-0.05, 0) is 44.4 Å². The van der Waals surface area contributed by atoms with Crippen molar-refractivity contribution < 1.29 is 29.2 Å². The van der Waals surface area contributed by atoms with Gasteiger partial charge in [0.25, 0.3) is 0 Å². The van der Waals surface area contributed by atoms with Crippen molar-refractivity contribution in [2.24, 2.45) is 0 Å². The van der Waals surface area contributed by atoms with Crippen molar-refractivity contribution in [3.05, 3.63) is 17.5 Å². The van der Waals surface area contributed by atoms with E-state index in [4.69, 9.17) is 33.6 Å². The van der Waals surface area contributed by atoms with Crippen molar-refractivity contribution in [2.75, 3.05) is 19.1 Å². The summed E-state index contributed by atoms with van der Waals surface area (Å²) >= 11 is 5.84. The molecule has 1 saturated heterocycles. The Labute approximate surface area is 172 Å². The molecule has 2 atom stereocenters. The first-order valence-corrected chi connectivity index (χ1v) is 9.13. The molecule has 11 heteroatoms. The lowest BCUT2D eigenvalue weighted by atomic mass is 10.0. The minimum absolute atomic E-state index is 0.0818. The van der Waals surface area contributed by atoms with E-state index in [1.54, 1.807) is 26.1 Å². The van der Waals surface area contributed by atoms with Gasteiger partial charge in [0, 0.05) is 6.20 Å². The van der Waals surface area contributed by atoms with Crippen LogP contribution in [0.1, 0.15) is 32.9 Å². The third-order valence-electron chi connectivity index (χ3n) is 4.07. The van der Waals surface area contributed by atoms with Crippen molar-refractivity contribution in [1.82, 2.24) is 14.5 Å². The summed E-state index contributed by atoms with van der Waals surface area (Å²) in [4.78, 5) is 18.3. The van der Waals surface area contributed by atoms with Crippen molar-refractivity contribution in [3.8, 4) is 12.3 Å². The number of carbonyl (C=O) groups is 1. The monoisotopic (exact) mass is 426 g/mol. The Morgan fingerprint density at radius 3 is 2.83 bits per heavy atom. The molecule has 0 amide bonds. The van der Waals surface area contributed by atoms with Crippen LogP contribution < -0.4 is 5.73 Å². The van der Waals surface area contributed by atoms with Crippen molar-refractivity contribution in [1.29, 1.82) is 0 Å². The molecule has 1 unspecified atom stereocenters. The quantitative estimate of drug-likeness (QED) is 0.289. The molecule has 3 heterocycles. The molecule has 29 heavy (non-hydrogen) atoms. The predicted octanol–water partition coefficient (Wildman–Crippen LogP) is 1.84. The minimum atomic E-state index is -0.927. The third kappa shape index (κ3) is 5.48. The number of aliphatic hydroxyl groups excluding tert-OH is 2. The number of nitrogens with two attached hydrogens (primary N) is 1. The van der Waals surface area contributed by atoms with Gasteiger partial charge in [-0.15, -0.1) is 6.42 Å². The summed E-state index contributed by atoms with van der Waals surface area (Å²) in [6, 6.07) is 1.80. The van der Waals surface area contributed by atoms with Crippen LogP contribution in [0.5, 0.6) is 0 Å². The highest BCUT2D eigenvalue weighted by Crippen LogP contribution is 2.37. The summed E-state index contributed by atoms with van der Waals surface area (Å²) < 4.78 is 16.1. The summed E-state index contributed by atoms with van der Waals surface area (Å²) in [7, 11) is 0. The predicted molar refractivity (Wildman–Crippen MR) is 105 cm³/mol. The fraction of sp³-hybridized carbons (Fsp3) is 0.500. The second-order valence-corrected chi connectivity index (χ2v) is 6.77. The van der Waals surface area contributed by atoms with E-state index < -0.39 is 18.5 Å². The van der Waals surface area contributed by atoms with Gasteiger partial charge in [0.2, 0.25) is 5.28 Å². The van der Waals surface area contributed by atoms with Crippen LogP contribution in [0.4, 0.5) is 10.6 Å². The molecule has 0 saturated carbocycles. The number of halogens is 1. The molecular weight excluding hydrogens is 404 g/mol. The highest BCUT2D eigenvalue weighted by Gasteiger charge is 2.39. The molecule has 4 N–H and O–H groups in total. The average Bonchev–Trinajstić information content (AvgIpc) is 3.26. The molecule has 3 rings (SSSR count). The van der Waals surface area contributed by atoms with Crippen LogP contribution in [0.2, 0.25) is 5.28 Å². The number of hydrogen-bond donors (Lipinski definition) is 3. The number of rotatable bonds is 4. The van der Waals surface area contributed by atoms with Gasteiger partial charge in [0.15, 0.2) is 12.4 Å². The number of nitrogen functional groups attached to an aromatic ring is 1. The van der Waals surface area contributed by atoms with Crippen LogP contribution in [-0.2, 0) is 14.2 Å². The molecule has 0 bridgehead atoms. The number of hydrogen-bond acceptors (Lipinski definition) is 9. The molecule has 2 aromatic rings. The second kappa shape index (κ2) is 9.76. The molecule has 1 aliphatic heterocycles. The fourth-order valence-corrected chi connectivity index (χ4v) is 2.91. The van der Waals surface area contributed by atoms with Crippen molar-refractivity contribution in [2.45, 2.75) is 44.6 Å². The highest BCUT2D eigenvalue weighted by atomic mass is 35.5. The summed E-state index contributed by atoms with van der Waals surface area (Å²) in [5.41, 5.74) is 5.48. The summed E-state index contributed by atoms with van der Waals surface area (Å²) in [5.74, 6) is 2.84. The van der Waals surface area contributed by atoms with Gasteiger partial charge in [-0.3, -0.25) is 0 Å². The number of aromatic nitrogens is 3. The standard InChI is InChI=1S/C13H13ClN4O2.C5H10O4/c1-2-13(7-19)5-3-9(20-13)18-6-4-8-10(15)16-12(14)17-11(8)18;1-4(2)9-5(7)8-3-6/h1,4,6,9,19H,3,5,7H2,(H2,15,16,17);4,6H,3H2,1-2H3/t9?,13-;/m0./s1. The molecule has 1 aliphatic rings. The van der Waals surface area contributed by atoms with E-state index in [0.717, 1.165) is 0 Å². The summed E-state index contributed by atoms with van der Waals surface area (Å²) in [6.45, 7) is 2.54. The van der Waals surface area contributed by atoms with E-state index in [2.05, 4.69) is 25.4 Å². The summed E-state index contributed by atoms with van der Waals surface area (Å²) in [6.07, 6.45) is 7.16. The molecular formula is C18H23ClN4O6. The Hall–Kier alpha value is -2.58. The van der Waals surface area contributed by atoms with Gasteiger partial charge in [-0.1, -0.05) is 5.92 Å². The minimum Gasteiger partial charge on any atom is -0.432 e. The smallest absolute Gasteiger partial charge is 0.432 e. The van der Waals surface area contributed by atoms with Crippen LogP contribution in [0.15, 0.2) is 12.3 Å². The maximum Gasteiger partial charge on any atom is 0.510 e. The van der Waals surface area contributed by atoms with Crippen molar-refractivity contribution in [3.63, 3.8) is 0 Å². The molecule has 0 radical (unpaired) electrons. The van der Waals surface area contributed by atoms with E-state index in [-0.39, 0.29) is 24.2 Å². The Morgan fingerprint density at radius 1 is 1.55 bits per heavy atom. The first kappa shape index (κ1) is 22.7. The maximum absolute atomic E-state index is 10.2. The normalized spacial score (nSPS) is 20.8. The number of fused-ring (bicyclic) bond motifs is 1. The molecule has 2 aromatic heterocycles. The van der Waals surface area contributed by atoms with E-state index in [9.17, 15) is 9.90 Å². The zero-order valence-corrected chi connectivity index (χ0v) is 16.8. The van der Waals surface area contributed by atoms with Gasteiger partial charge in [-0.25, -0.2) is 9.78 Å². The SMILES string of the molecule is C#C[C@@]1(CO)CCC(n2ccc3c(N)nc(Cl)nc32)O1.CC(C)OC(=O)OCO. The maximum atomic E-state index is 10.2. The Balaban J connectivity index is 0.000000284. The number of aliphatic hydroxyl groups is 2. The first-order valence-electron chi connectivity index (χ1n) is 8.75. The lowest BCUT2D eigenvalue weighted by Crippen LogP contribution is -2.31. The molecule has 0 aliphatic carbocycles. The van der Waals surface area contributed by atoms with E-state index in [1.165, 1.54) is 0 Å². The number of ether oxygens (including phenoxy) is 3. The van der Waals surface area contributed by atoms with Crippen LogP contribution in [-0.4, -0.2) is 56.0 Å². The number of anilines is 1. The van der Waals surface area contributed by atoms with Gasteiger partial charge in [-0.2, -0.15) is 4.98 Å². The van der Waals surface area contributed by atoms with E-state index >= 15 is 0 Å². The van der Waals surface area contributed by atoms with Crippen LogP contribution in [0.3, 0.4) is 0 Å². The van der Waals surface area contributed by atoms with Gasteiger partial charge >= 0.3 is 6.16 Å². The van der Waals surface area contributed by atoms with Crippen LogP contribution in [0.25, 0.3) is 11.0 Å². The topological polar surface area (TPSA) is 142 Å². The average molecular weight is 427 g/mol. The Kier molecular flexibility index (Phi) is 7.64. The van der Waals surface area contributed by atoms with E-state index in [1.807, 2.05) is 4.57 Å². The number of terminal acetylenes is 1. The Morgan fingerprint density at radius 2 is 2.28 bits per heavy atom. The van der Waals surface area contributed by atoms with Gasteiger partial charge in [0.1, 0.15) is 17.7 Å². The zero-order chi connectivity index (χ0) is 21.6. The highest BCUT2D eigenvalue weighted by molar-refractivity contribution is 6.28. The molecule has 0 spiro atoms. The van der Waals surface area contributed by atoms with Gasteiger partial charge in [0.05, 0.1) is 18.1 Å². The lowest BCUT2D eigenvalue weighted by Gasteiger charge is -2.21. The van der Waals surface area contributed by atoms with Crippen LogP contribution >= 0.6 is 11.6 Å². The Bertz CT molecular complexity index is 896. The number of carbonyl (C=O) groups excluding carboxylic acids is 1. The zero-order valence-electron chi connectivity index (χ0n) is 16.0. The summed E-state index contributed by atoms with van der Waals surface area (Å²) in [5, 5.41) is 18.2. The molecule has 158 valence electrons. The van der Waals surface area contributed by atoms with Gasteiger partial charge < -0.3 is 34.7 Å². The fourth-order valence-electron chi connectivity index (χ4n) is 2.74. The second-order valence-electron chi connectivity index (χ2n) is 6.44. The van der Waals surface area contributed by atoms with Crippen LogP contribution in [0, 0.1) is 12.3 Å². The largest absolute Gasteiger partial charge is 0.510 e. The molecule has 0 aromatic carbocycles. The third-order valence-corrected chi connectivity index (χ3v) is 4.24. The van der Waals surface area contributed by atoms with Crippen molar-refractivity contribution >= 4 is 34.6 Å². The molecule has 1 fully saturated rings. The van der Waals surface area contributed by atoms with E-state index in [0.29, 0.717) is 29.7 Å². The lowest BCUT2D eigenvalue weighted by molar-refractivity contribution is -0.0615. The number of nitrogens with zero attached hydrogens (tertiary/aromatic N) is 3. The molecule has 10 nitrogen and oxygen atoms in total. The first-order chi connectivity index (χ1) is 13.7.